The summed E-state index contributed by atoms with van der Waals surface area (Å²) >= 11 is 0. The van der Waals surface area contributed by atoms with Crippen molar-refractivity contribution >= 4 is 57.0 Å². The van der Waals surface area contributed by atoms with Crippen LogP contribution in [0.4, 0.5) is 16.3 Å². The van der Waals surface area contributed by atoms with E-state index in [9.17, 15) is 37.2 Å². The van der Waals surface area contributed by atoms with Gasteiger partial charge in [-0.25, -0.2) is 23.2 Å². The number of amides is 6. The minimum Gasteiger partial charge on any atom is -0.450 e. The number of anilines is 2. The molecule has 300 valence electrons. The molecule has 5 heterocycles. The van der Waals surface area contributed by atoms with Crippen LogP contribution in [0.3, 0.4) is 0 Å². The van der Waals surface area contributed by atoms with Gasteiger partial charge in [-0.1, -0.05) is 12.1 Å². The molecule has 4 aliphatic heterocycles. The molecule has 1 unspecified atom stereocenters. The van der Waals surface area contributed by atoms with Gasteiger partial charge in [0.25, 0.3) is 17.7 Å². The average molecular weight is 801 g/mol. The molecule has 0 saturated carbocycles. The van der Waals surface area contributed by atoms with Crippen molar-refractivity contribution < 1.29 is 41.9 Å². The van der Waals surface area contributed by atoms with E-state index in [0.29, 0.717) is 50.0 Å². The number of piperidine rings is 3. The number of nitrogens with two attached hydrogens (primary N) is 1. The van der Waals surface area contributed by atoms with Crippen molar-refractivity contribution in [2.75, 3.05) is 48.8 Å². The Bertz CT molecular complexity index is 2220. The zero-order chi connectivity index (χ0) is 40.4. The van der Waals surface area contributed by atoms with E-state index in [1.165, 1.54) is 18.3 Å². The van der Waals surface area contributed by atoms with E-state index in [1.54, 1.807) is 24.3 Å². The van der Waals surface area contributed by atoms with Crippen LogP contribution in [0.25, 0.3) is 0 Å². The number of carbonyl (C=O) groups is 6. The Balaban J connectivity index is 0.870. The first-order chi connectivity index (χ1) is 27.2. The SMILES string of the molecule is CS(=O)(=O)c1ccc(Cc2nc(N3CCC[C@@H](NC(=O)OCCC4CCN(c5ccc6c(c5)C(=O)N(C5CCC(=O)NC5=O)C6=O)CC4)C3)cnc2C(N)=O)cc1. The molecule has 57 heavy (non-hydrogen) atoms. The third-order valence-corrected chi connectivity index (χ3v) is 12.1. The molecule has 6 amide bonds. The predicted octanol–water partition coefficient (Wildman–Crippen LogP) is 1.97. The van der Waals surface area contributed by atoms with Crippen molar-refractivity contribution in [2.24, 2.45) is 11.7 Å². The molecule has 18 heteroatoms. The number of aromatic nitrogens is 2. The third-order valence-electron chi connectivity index (χ3n) is 11.0. The molecular formula is C39H44N8O9S. The van der Waals surface area contributed by atoms with Crippen molar-refractivity contribution in [3.05, 3.63) is 76.7 Å². The maximum absolute atomic E-state index is 13.3. The van der Waals surface area contributed by atoms with Crippen molar-refractivity contribution in [3.63, 3.8) is 0 Å². The number of sulfone groups is 1. The molecule has 0 aliphatic carbocycles. The van der Waals surface area contributed by atoms with Crippen LogP contribution in [0.1, 0.15) is 87.4 Å². The molecule has 4 N–H and O–H groups in total. The standard InChI is InChI=1S/C39H44N8O9S/c1-57(54,55)27-7-4-24(5-8-27)19-30-34(35(40)49)41-21-32(43-30)46-15-2-3-25(22-46)42-39(53)56-18-14-23-12-16-45(17-13-23)26-6-9-28-29(20-26)38(52)47(37(28)51)31-10-11-33(48)44-36(31)50/h4-9,20-21,23,25,31H,2-3,10-19,22H2,1H3,(H2,40,49)(H,42,53)(H,44,48,50)/t25-,31?/m1/s1. The van der Waals surface area contributed by atoms with Crippen molar-refractivity contribution in [2.45, 2.75) is 68.3 Å². The fourth-order valence-corrected chi connectivity index (χ4v) is 8.54. The number of nitrogens with one attached hydrogen (secondary N) is 2. The van der Waals surface area contributed by atoms with E-state index in [-0.39, 0.29) is 53.6 Å². The summed E-state index contributed by atoms with van der Waals surface area (Å²) < 4.78 is 29.3. The average Bonchev–Trinajstić information content (AvgIpc) is 3.43. The number of rotatable bonds is 11. The van der Waals surface area contributed by atoms with Gasteiger partial charge in [0.1, 0.15) is 17.6 Å². The van der Waals surface area contributed by atoms with Gasteiger partial charge < -0.3 is 25.6 Å². The summed E-state index contributed by atoms with van der Waals surface area (Å²) in [7, 11) is -3.36. The van der Waals surface area contributed by atoms with Crippen LogP contribution in [0, 0.1) is 5.92 Å². The summed E-state index contributed by atoms with van der Waals surface area (Å²) in [5.41, 5.74) is 8.03. The predicted molar refractivity (Wildman–Crippen MR) is 205 cm³/mol. The van der Waals surface area contributed by atoms with E-state index in [2.05, 4.69) is 20.5 Å². The third kappa shape index (κ3) is 8.75. The normalized spacial score (nSPS) is 20.3. The van der Waals surface area contributed by atoms with Gasteiger partial charge in [-0.2, -0.15) is 0 Å². The van der Waals surface area contributed by atoms with Gasteiger partial charge in [0.2, 0.25) is 11.8 Å². The zero-order valence-corrected chi connectivity index (χ0v) is 32.3. The van der Waals surface area contributed by atoms with Crippen LogP contribution in [0.5, 0.6) is 0 Å². The second-order valence-corrected chi connectivity index (χ2v) is 17.0. The Morgan fingerprint density at radius 2 is 1.68 bits per heavy atom. The quantitative estimate of drug-likeness (QED) is 0.236. The molecule has 3 fully saturated rings. The summed E-state index contributed by atoms with van der Waals surface area (Å²) in [5, 5.41) is 5.18. The zero-order valence-electron chi connectivity index (χ0n) is 31.4. The van der Waals surface area contributed by atoms with Crippen LogP contribution in [0.2, 0.25) is 0 Å². The second kappa shape index (κ2) is 16.3. The van der Waals surface area contributed by atoms with E-state index < -0.39 is 51.5 Å². The number of fused-ring (bicyclic) bond motifs is 1. The summed E-state index contributed by atoms with van der Waals surface area (Å²) in [4.78, 5) is 89.6. The maximum atomic E-state index is 13.3. The minimum absolute atomic E-state index is 0.0318. The number of alkyl carbamates (subject to hydrolysis) is 1. The number of nitrogens with zero attached hydrogens (tertiary/aromatic N) is 5. The molecule has 0 bridgehead atoms. The van der Waals surface area contributed by atoms with E-state index in [1.807, 2.05) is 11.0 Å². The van der Waals surface area contributed by atoms with Gasteiger partial charge in [0, 0.05) is 57.0 Å². The molecule has 4 aliphatic rings. The fourth-order valence-electron chi connectivity index (χ4n) is 7.91. The van der Waals surface area contributed by atoms with Gasteiger partial charge in [-0.3, -0.25) is 34.2 Å². The summed E-state index contributed by atoms with van der Waals surface area (Å²) in [6, 6.07) is 10.3. The molecule has 2 aromatic carbocycles. The lowest BCUT2D eigenvalue weighted by Gasteiger charge is -2.34. The molecule has 3 saturated heterocycles. The number of hydrogen-bond donors (Lipinski definition) is 3. The van der Waals surface area contributed by atoms with Crippen LogP contribution in [-0.4, -0.2) is 110 Å². The number of primary amides is 1. The Hall–Kier alpha value is -5.91. The van der Waals surface area contributed by atoms with Gasteiger partial charge in [-0.05, 0) is 80.3 Å². The second-order valence-electron chi connectivity index (χ2n) is 14.9. The molecule has 2 atom stereocenters. The molecule has 3 aromatic rings. The molecule has 1 aromatic heterocycles. The molecule has 0 radical (unpaired) electrons. The van der Waals surface area contributed by atoms with Gasteiger partial charge in [0.15, 0.2) is 9.84 Å². The van der Waals surface area contributed by atoms with E-state index in [4.69, 9.17) is 15.5 Å². The first-order valence-corrected chi connectivity index (χ1v) is 20.9. The topological polar surface area (TPSA) is 231 Å². The Morgan fingerprint density at radius 3 is 2.39 bits per heavy atom. The highest BCUT2D eigenvalue weighted by Crippen LogP contribution is 2.33. The number of imide groups is 2. The first kappa shape index (κ1) is 39.3. The monoisotopic (exact) mass is 800 g/mol. The van der Waals surface area contributed by atoms with Crippen LogP contribution < -0.4 is 26.2 Å². The number of hydrogen-bond acceptors (Lipinski definition) is 13. The van der Waals surface area contributed by atoms with Crippen molar-refractivity contribution in [1.82, 2.24) is 25.5 Å². The fraction of sp³-hybridized carbons (Fsp3) is 0.436. The van der Waals surface area contributed by atoms with Crippen LogP contribution in [0.15, 0.2) is 53.6 Å². The van der Waals surface area contributed by atoms with E-state index >= 15 is 0 Å². The lowest BCUT2D eigenvalue weighted by atomic mass is 9.93. The van der Waals surface area contributed by atoms with Gasteiger partial charge in [-0.15, -0.1) is 0 Å². The van der Waals surface area contributed by atoms with E-state index in [0.717, 1.165) is 48.1 Å². The number of carbonyl (C=O) groups excluding carboxylic acids is 6. The summed E-state index contributed by atoms with van der Waals surface area (Å²) in [5.74, 6) is -1.99. The highest BCUT2D eigenvalue weighted by Gasteiger charge is 2.45. The van der Waals surface area contributed by atoms with Crippen molar-refractivity contribution in [1.29, 1.82) is 0 Å². The summed E-state index contributed by atoms with van der Waals surface area (Å²) in [6.07, 6.45) is 6.40. The molecule has 7 rings (SSSR count). The Kier molecular flexibility index (Phi) is 11.2. The lowest BCUT2D eigenvalue weighted by molar-refractivity contribution is -0.136. The smallest absolute Gasteiger partial charge is 0.407 e. The van der Waals surface area contributed by atoms with Crippen LogP contribution in [-0.2, 0) is 30.6 Å². The first-order valence-electron chi connectivity index (χ1n) is 19.0. The maximum Gasteiger partial charge on any atom is 0.407 e. The minimum atomic E-state index is -3.36. The van der Waals surface area contributed by atoms with Crippen LogP contribution >= 0.6 is 0 Å². The molecule has 17 nitrogen and oxygen atoms in total. The van der Waals surface area contributed by atoms with Gasteiger partial charge >= 0.3 is 6.09 Å². The Morgan fingerprint density at radius 1 is 0.947 bits per heavy atom. The van der Waals surface area contributed by atoms with Crippen molar-refractivity contribution in [3.8, 4) is 0 Å². The Labute approximate surface area is 329 Å². The highest BCUT2D eigenvalue weighted by atomic mass is 32.2. The highest BCUT2D eigenvalue weighted by molar-refractivity contribution is 7.90. The number of ether oxygens (including phenoxy) is 1. The summed E-state index contributed by atoms with van der Waals surface area (Å²) in [6.45, 7) is 2.81. The van der Waals surface area contributed by atoms with Gasteiger partial charge in [0.05, 0.1) is 34.5 Å². The largest absolute Gasteiger partial charge is 0.450 e. The molecule has 0 spiro atoms. The lowest BCUT2D eigenvalue weighted by Crippen LogP contribution is -2.54. The number of benzene rings is 2. The molecular weight excluding hydrogens is 757 g/mol.